The highest BCUT2D eigenvalue weighted by molar-refractivity contribution is 6.20. The van der Waals surface area contributed by atoms with Gasteiger partial charge in [0, 0.05) is 97.1 Å². The Kier molecular flexibility index (Phi) is 23.4. The van der Waals surface area contributed by atoms with Crippen molar-refractivity contribution in [3.63, 3.8) is 0 Å². The Morgan fingerprint density at radius 1 is 0.140 bits per heavy atom. The number of nitrogens with zero attached hydrogens (tertiary/aromatic N) is 13. The lowest BCUT2D eigenvalue weighted by Gasteiger charge is -2.18. The summed E-state index contributed by atoms with van der Waals surface area (Å²) in [4.78, 5) is 64.2. The zero-order valence-corrected chi connectivity index (χ0v) is 76.8. The van der Waals surface area contributed by atoms with Crippen LogP contribution in [0, 0.1) is 0 Å². The van der Waals surface area contributed by atoms with Gasteiger partial charge in [-0.15, -0.1) is 0 Å². The highest BCUT2D eigenvalue weighted by Crippen LogP contribution is 2.46. The molecule has 0 spiro atoms. The summed E-state index contributed by atoms with van der Waals surface area (Å²) in [6.07, 6.45) is 7.29. The Balaban J connectivity index is 0.557. The molecule has 0 amide bonds. The van der Waals surface area contributed by atoms with Crippen molar-refractivity contribution in [2.45, 2.75) is 0 Å². The quantitative estimate of drug-likeness (QED) is 0.0518. The molecule has 143 heavy (non-hydrogen) atoms. The lowest BCUT2D eigenvalue weighted by molar-refractivity contribution is 0.482. The van der Waals surface area contributed by atoms with Crippen molar-refractivity contribution >= 4 is 21.5 Å². The predicted molar refractivity (Wildman–Crippen MR) is 570 cm³/mol. The van der Waals surface area contributed by atoms with Gasteiger partial charge in [-0.25, -0.2) is 54.8 Å². The minimum absolute atomic E-state index is 0.509. The Bertz CT molecular complexity index is 8610. The highest BCUT2D eigenvalue weighted by Gasteiger charge is 2.23. The lowest BCUT2D eigenvalue weighted by atomic mass is 9.86. The van der Waals surface area contributed by atoms with E-state index in [0.717, 1.165) is 166 Å². The monoisotopic (exact) mass is 1840 g/mol. The van der Waals surface area contributed by atoms with Gasteiger partial charge in [-0.3, -0.25) is 9.97 Å². The maximum atomic E-state index is 6.68. The summed E-state index contributed by atoms with van der Waals surface area (Å²) in [5.74, 6) is 9.75. The van der Waals surface area contributed by atoms with E-state index in [1.165, 1.54) is 0 Å². The molecule has 0 N–H and O–H groups in total. The van der Waals surface area contributed by atoms with E-state index in [-0.39, 0.29) is 0 Å². The maximum Gasteiger partial charge on any atom is 0.164 e. The summed E-state index contributed by atoms with van der Waals surface area (Å²) in [6.45, 7) is 0. The molecule has 0 fully saturated rings. The summed E-state index contributed by atoms with van der Waals surface area (Å²) < 4.78 is 19.6. The van der Waals surface area contributed by atoms with E-state index in [1.54, 1.807) is 18.5 Å². The topological polar surface area (TPSA) is 195 Å². The second-order valence-electron chi connectivity index (χ2n) is 34.5. The zero-order chi connectivity index (χ0) is 95.1. The Hall–Kier alpha value is -19.7. The summed E-state index contributed by atoms with van der Waals surface area (Å²) in [6, 6.07) is 158. The van der Waals surface area contributed by atoms with Gasteiger partial charge in [-0.05, 0) is 271 Å². The third-order valence-corrected chi connectivity index (χ3v) is 25.3. The first-order valence-corrected chi connectivity index (χ1v) is 47.1. The van der Waals surface area contributed by atoms with Gasteiger partial charge < -0.3 is 14.2 Å². The molecule has 0 saturated carbocycles. The van der Waals surface area contributed by atoms with Gasteiger partial charge in [0.1, 0.15) is 34.5 Å². The molecule has 0 unspecified atom stereocenters. The van der Waals surface area contributed by atoms with Crippen LogP contribution in [0.5, 0.6) is 34.5 Å². The van der Waals surface area contributed by atoms with Crippen LogP contribution in [0.3, 0.4) is 0 Å². The normalized spacial score (nSPS) is 11.2. The maximum absolute atomic E-state index is 6.68. The molecule has 0 bridgehead atoms. The van der Waals surface area contributed by atoms with Crippen LogP contribution < -0.4 is 14.2 Å². The summed E-state index contributed by atoms with van der Waals surface area (Å²) in [5, 5.41) is 4.29. The molecular weight excluding hydrogens is 1760 g/mol. The molecule has 0 radical (unpaired) electrons. The minimum Gasteiger partial charge on any atom is -0.457 e. The van der Waals surface area contributed by atoms with E-state index in [1.807, 2.05) is 304 Å². The molecule has 0 aliphatic rings. The van der Waals surface area contributed by atoms with Crippen LogP contribution in [0.1, 0.15) is 0 Å². The SMILES string of the molecule is c1ccc(-c2nc(-c3ccccc3)nc(-c3ccc(Oc4ccc(-c5cc(-c6ccc(-c7ccccn7)cc6)cc(-c6ccc(-c7ccc(-c8cc(-c9cccc(-c%10nc(-c%11ccccc%11)nc(-c%11ccc(Oc%12ccc(-c%13ncccn%13)cc%12)cc%11)n%10)c9)c9c(c8)c(-c8ccc(Oc%10ccc(-c%11nc(-c%12ccccc%12)nc(-c%12ccccc%12)n%11)cc%10)cc8)cc8ccccc89)cn7)cc6)c5)cc4)cc3)n2)cc1. The number of aromatic nitrogens is 13. The standard InChI is InChI=1S/C127H81N13O3/c1-6-22-88(23-7-1)119-132-120(89-24-8-2-9-25-89)135-124(134-119)94-51-64-108(65-52-94)141-105-58-45-84(46-59-105)103-76-101(82-37-41-86(42-38-82)115-36-18-19-71-128-115)75-102(77-103)83-39-43-87(44-40-83)116-70-57-100(81-131-116)104-79-113(97-33-20-34-99(74-97)127-139-123(92-30-14-5-15-31-92)138-126(140-127)96-55-68-110(69-56-96)143-107-62-49-93(50-63-107)118-129-72-21-73-130-118)117-111-35-17-16-32-98(111)78-112(114(117)80-104)85-47-60-106(61-48-85)142-109-66-53-95(54-67-109)125-136-121(90-26-10-3-11-27-90)133-122(137-125)91-28-12-4-13-29-91/h1-81H. The predicted octanol–water partition coefficient (Wildman–Crippen LogP) is 31.5. The fraction of sp³-hybridized carbons (Fsp3) is 0. The van der Waals surface area contributed by atoms with Crippen LogP contribution in [-0.2, 0) is 0 Å². The number of hydrogen-bond donors (Lipinski definition) is 0. The van der Waals surface area contributed by atoms with Crippen LogP contribution in [-0.4, -0.2) is 64.8 Å². The molecule has 0 saturated heterocycles. The van der Waals surface area contributed by atoms with Crippen molar-refractivity contribution in [3.8, 4) is 238 Å². The Labute approximate surface area is 824 Å². The van der Waals surface area contributed by atoms with Gasteiger partial charge in [0.25, 0.3) is 0 Å². The van der Waals surface area contributed by atoms with Crippen molar-refractivity contribution in [2.24, 2.45) is 0 Å². The second-order valence-corrected chi connectivity index (χ2v) is 34.5. The summed E-state index contributed by atoms with van der Waals surface area (Å²) in [5.41, 5.74) is 24.6. The van der Waals surface area contributed by atoms with Crippen molar-refractivity contribution in [2.75, 3.05) is 0 Å². The van der Waals surface area contributed by atoms with E-state index in [4.69, 9.17) is 64.1 Å². The van der Waals surface area contributed by atoms with Crippen molar-refractivity contribution in [1.82, 2.24) is 64.8 Å². The fourth-order valence-corrected chi connectivity index (χ4v) is 17.9. The molecule has 24 rings (SSSR count). The average molecular weight is 1840 g/mol. The van der Waals surface area contributed by atoms with Crippen molar-refractivity contribution in [3.05, 3.63) is 492 Å². The largest absolute Gasteiger partial charge is 0.457 e. The van der Waals surface area contributed by atoms with Gasteiger partial charge in [0.15, 0.2) is 58.2 Å². The molecule has 6 heterocycles. The number of fused-ring (bicyclic) bond motifs is 3. The van der Waals surface area contributed by atoms with Crippen molar-refractivity contribution < 1.29 is 14.2 Å². The van der Waals surface area contributed by atoms with Crippen LogP contribution in [0.25, 0.3) is 225 Å². The summed E-state index contributed by atoms with van der Waals surface area (Å²) in [7, 11) is 0. The van der Waals surface area contributed by atoms with E-state index in [9.17, 15) is 0 Å². The highest BCUT2D eigenvalue weighted by atomic mass is 16.5. The third kappa shape index (κ3) is 18.7. The van der Waals surface area contributed by atoms with Gasteiger partial charge in [0.05, 0.1) is 11.4 Å². The molecule has 0 atom stereocenters. The smallest absolute Gasteiger partial charge is 0.164 e. The second kappa shape index (κ2) is 38.8. The van der Waals surface area contributed by atoms with E-state index in [0.29, 0.717) is 92.7 Å². The number of pyridine rings is 2. The molecule has 6 aromatic heterocycles. The van der Waals surface area contributed by atoms with E-state index in [2.05, 4.69) is 185 Å². The number of benzene rings is 18. The van der Waals surface area contributed by atoms with Gasteiger partial charge >= 0.3 is 0 Å². The van der Waals surface area contributed by atoms with E-state index >= 15 is 0 Å². The van der Waals surface area contributed by atoms with Crippen LogP contribution in [0.15, 0.2) is 492 Å². The Morgan fingerprint density at radius 2 is 0.427 bits per heavy atom. The Morgan fingerprint density at radius 3 is 0.804 bits per heavy atom. The van der Waals surface area contributed by atoms with Crippen molar-refractivity contribution in [1.29, 1.82) is 0 Å². The molecule has 16 heteroatoms. The molecule has 0 aliphatic heterocycles. The first kappa shape index (κ1) is 86.2. The number of rotatable bonds is 24. The van der Waals surface area contributed by atoms with Crippen LogP contribution in [0.4, 0.5) is 0 Å². The molecule has 18 aromatic carbocycles. The summed E-state index contributed by atoms with van der Waals surface area (Å²) >= 11 is 0. The first-order chi connectivity index (χ1) is 70.7. The lowest BCUT2D eigenvalue weighted by Crippen LogP contribution is -2.00. The van der Waals surface area contributed by atoms with Gasteiger partial charge in [0.2, 0.25) is 0 Å². The molecule has 0 aliphatic carbocycles. The van der Waals surface area contributed by atoms with Crippen LogP contribution in [0.2, 0.25) is 0 Å². The average Bonchev–Trinajstić information content (AvgIpc) is 0.732. The molecule has 672 valence electrons. The van der Waals surface area contributed by atoms with Crippen LogP contribution >= 0.6 is 0 Å². The fourth-order valence-electron chi connectivity index (χ4n) is 17.9. The molecule has 24 aromatic rings. The molecule has 16 nitrogen and oxygen atoms in total. The zero-order valence-electron chi connectivity index (χ0n) is 76.8. The van der Waals surface area contributed by atoms with Gasteiger partial charge in [-0.1, -0.05) is 279 Å². The number of ether oxygens (including phenoxy) is 3. The number of hydrogen-bond acceptors (Lipinski definition) is 16. The molecular formula is C127H81N13O3. The third-order valence-electron chi connectivity index (χ3n) is 25.3. The van der Waals surface area contributed by atoms with Gasteiger partial charge in [-0.2, -0.15) is 0 Å². The minimum atomic E-state index is 0.509. The van der Waals surface area contributed by atoms with E-state index < -0.39 is 0 Å². The first-order valence-electron chi connectivity index (χ1n) is 47.1.